The zero-order chi connectivity index (χ0) is 10.7. The van der Waals surface area contributed by atoms with Crippen molar-refractivity contribution in [3.63, 3.8) is 0 Å². The fraction of sp³-hybridized carbons (Fsp3) is 0. The van der Waals surface area contributed by atoms with Gasteiger partial charge in [-0.1, -0.05) is 23.2 Å². The minimum Gasteiger partial charge on any atom is -0.439 e. The van der Waals surface area contributed by atoms with E-state index in [0.29, 0.717) is 21.7 Å². The first-order chi connectivity index (χ1) is 7.24. The summed E-state index contributed by atoms with van der Waals surface area (Å²) in [6.07, 6.45) is 1.53. The molecule has 2 nitrogen and oxygen atoms in total. The minimum atomic E-state index is 0.479. The number of ether oxygens (including phenoxy) is 1. The molecule has 2 aromatic rings. The van der Waals surface area contributed by atoms with Gasteiger partial charge in [-0.05, 0) is 24.3 Å². The van der Waals surface area contributed by atoms with E-state index in [0.717, 1.165) is 0 Å². The monoisotopic (exact) mass is 238 g/mol. The molecule has 0 saturated heterocycles. The maximum atomic E-state index is 5.83. The van der Waals surface area contributed by atoms with E-state index in [1.807, 2.05) is 0 Å². The molecule has 1 radical (unpaired) electrons. The third-order valence-corrected chi connectivity index (χ3v) is 2.08. The molecule has 0 atom stereocenters. The van der Waals surface area contributed by atoms with Crippen LogP contribution in [-0.4, -0.2) is 4.98 Å². The lowest BCUT2D eigenvalue weighted by atomic mass is 10.3. The number of nitrogens with zero attached hydrogens (tertiary/aromatic N) is 1. The summed E-state index contributed by atoms with van der Waals surface area (Å²) in [5.41, 5.74) is 0. The van der Waals surface area contributed by atoms with Crippen molar-refractivity contribution < 1.29 is 4.74 Å². The lowest BCUT2D eigenvalue weighted by Gasteiger charge is -2.04. The molecule has 0 aliphatic heterocycles. The summed E-state index contributed by atoms with van der Waals surface area (Å²) in [6.45, 7) is 0. The van der Waals surface area contributed by atoms with Gasteiger partial charge in [-0.2, -0.15) is 0 Å². The Kier molecular flexibility index (Phi) is 3.09. The summed E-state index contributed by atoms with van der Waals surface area (Å²) in [5.74, 6) is 1.04. The van der Waals surface area contributed by atoms with Crippen molar-refractivity contribution in [3.8, 4) is 11.6 Å². The minimum absolute atomic E-state index is 0.479. The van der Waals surface area contributed by atoms with Crippen molar-refractivity contribution in [2.75, 3.05) is 0 Å². The Balaban J connectivity index is 2.25. The van der Waals surface area contributed by atoms with Crippen molar-refractivity contribution in [1.82, 2.24) is 4.98 Å². The highest BCUT2D eigenvalue weighted by molar-refractivity contribution is 6.34. The van der Waals surface area contributed by atoms with Gasteiger partial charge in [0.15, 0.2) is 0 Å². The second-order valence-corrected chi connectivity index (χ2v) is 3.68. The van der Waals surface area contributed by atoms with Gasteiger partial charge in [-0.3, -0.25) is 0 Å². The zero-order valence-electron chi connectivity index (χ0n) is 7.58. The Morgan fingerprint density at radius 3 is 2.47 bits per heavy atom. The molecule has 1 aromatic carbocycles. The van der Waals surface area contributed by atoms with Crippen molar-refractivity contribution in [3.05, 3.63) is 52.6 Å². The van der Waals surface area contributed by atoms with Crippen LogP contribution in [0.2, 0.25) is 10.0 Å². The van der Waals surface area contributed by atoms with Gasteiger partial charge in [-0.15, -0.1) is 0 Å². The number of pyridine rings is 1. The first-order valence-electron chi connectivity index (χ1n) is 4.20. The van der Waals surface area contributed by atoms with Gasteiger partial charge >= 0.3 is 0 Å². The highest BCUT2D eigenvalue weighted by Crippen LogP contribution is 2.27. The molecule has 1 heterocycles. The van der Waals surface area contributed by atoms with Crippen molar-refractivity contribution in [2.24, 2.45) is 0 Å². The summed E-state index contributed by atoms with van der Waals surface area (Å²) < 4.78 is 5.44. The number of aromatic nitrogens is 1. The molecule has 15 heavy (non-hydrogen) atoms. The average molecular weight is 239 g/mol. The van der Waals surface area contributed by atoms with E-state index in [9.17, 15) is 0 Å². The van der Waals surface area contributed by atoms with Gasteiger partial charge in [-0.25, -0.2) is 4.98 Å². The van der Waals surface area contributed by atoms with Crippen LogP contribution in [0.5, 0.6) is 11.6 Å². The lowest BCUT2D eigenvalue weighted by Crippen LogP contribution is -1.86. The van der Waals surface area contributed by atoms with Crippen molar-refractivity contribution >= 4 is 23.2 Å². The van der Waals surface area contributed by atoms with Gasteiger partial charge < -0.3 is 4.74 Å². The van der Waals surface area contributed by atoms with Crippen LogP contribution < -0.4 is 4.74 Å². The summed E-state index contributed by atoms with van der Waals surface area (Å²) in [7, 11) is 0. The second kappa shape index (κ2) is 4.51. The predicted octanol–water partition coefficient (Wildman–Crippen LogP) is 3.98. The Morgan fingerprint density at radius 1 is 1.13 bits per heavy atom. The smallest absolute Gasteiger partial charge is 0.219 e. The molecule has 0 spiro atoms. The average Bonchev–Trinajstić information content (AvgIpc) is 2.17. The molecule has 0 saturated carbocycles. The molecule has 0 aliphatic carbocycles. The largest absolute Gasteiger partial charge is 0.439 e. The molecule has 75 valence electrons. The van der Waals surface area contributed by atoms with Gasteiger partial charge in [0.25, 0.3) is 0 Å². The first-order valence-corrected chi connectivity index (χ1v) is 4.96. The summed E-state index contributed by atoms with van der Waals surface area (Å²) in [6, 6.07) is 11.2. The van der Waals surface area contributed by atoms with Crippen LogP contribution in [0.3, 0.4) is 0 Å². The van der Waals surface area contributed by atoms with E-state index in [-0.39, 0.29) is 0 Å². The predicted molar refractivity (Wildman–Crippen MR) is 59.6 cm³/mol. The van der Waals surface area contributed by atoms with Gasteiger partial charge in [0.05, 0.1) is 0 Å². The highest BCUT2D eigenvalue weighted by Gasteiger charge is 2.01. The number of halogens is 2. The number of rotatable bonds is 2. The molecular formula is C11H6Cl2NO. The number of hydrogen-bond donors (Lipinski definition) is 0. The molecule has 0 aliphatic rings. The molecular weight excluding hydrogens is 233 g/mol. The van der Waals surface area contributed by atoms with Crippen LogP contribution in [0.25, 0.3) is 0 Å². The third kappa shape index (κ3) is 2.85. The Hall–Kier alpha value is -1.25. The van der Waals surface area contributed by atoms with Gasteiger partial charge in [0.2, 0.25) is 5.88 Å². The van der Waals surface area contributed by atoms with Gasteiger partial charge in [0, 0.05) is 28.4 Å². The normalized spacial score (nSPS) is 10.0. The van der Waals surface area contributed by atoms with Crippen LogP contribution in [0, 0.1) is 6.07 Å². The SMILES string of the molecule is Clc1cc(Cl)cc(Oc2cc[c]cn2)c1. The number of hydrogen-bond acceptors (Lipinski definition) is 2. The summed E-state index contributed by atoms with van der Waals surface area (Å²) in [5, 5.41) is 1.06. The van der Waals surface area contributed by atoms with Gasteiger partial charge in [0.1, 0.15) is 5.75 Å². The topological polar surface area (TPSA) is 22.1 Å². The van der Waals surface area contributed by atoms with Crippen LogP contribution in [0.1, 0.15) is 0 Å². The van der Waals surface area contributed by atoms with Crippen molar-refractivity contribution in [1.29, 1.82) is 0 Å². The first kappa shape index (κ1) is 10.3. The fourth-order valence-electron chi connectivity index (χ4n) is 1.07. The van der Waals surface area contributed by atoms with Crippen LogP contribution in [0.4, 0.5) is 0 Å². The summed E-state index contributed by atoms with van der Waals surface area (Å²) in [4.78, 5) is 3.97. The Labute approximate surface area is 97.4 Å². The fourth-order valence-corrected chi connectivity index (χ4v) is 1.58. The van der Waals surface area contributed by atoms with E-state index in [4.69, 9.17) is 27.9 Å². The third-order valence-electron chi connectivity index (χ3n) is 1.65. The lowest BCUT2D eigenvalue weighted by molar-refractivity contribution is 0.463. The molecule has 4 heteroatoms. The quantitative estimate of drug-likeness (QED) is 0.790. The van der Waals surface area contributed by atoms with E-state index in [2.05, 4.69) is 11.1 Å². The molecule has 0 fully saturated rings. The Morgan fingerprint density at radius 2 is 1.87 bits per heavy atom. The standard InChI is InChI=1S/C11H6Cl2NO/c12-8-5-9(13)7-10(6-8)15-11-3-1-2-4-14-11/h1,3-7H. The second-order valence-electron chi connectivity index (χ2n) is 2.80. The van der Waals surface area contributed by atoms with E-state index in [1.54, 1.807) is 30.3 Å². The van der Waals surface area contributed by atoms with E-state index in [1.165, 1.54) is 6.20 Å². The molecule has 0 bridgehead atoms. The molecule has 2 rings (SSSR count). The number of benzene rings is 1. The van der Waals surface area contributed by atoms with E-state index < -0.39 is 0 Å². The molecule has 0 amide bonds. The highest BCUT2D eigenvalue weighted by atomic mass is 35.5. The zero-order valence-corrected chi connectivity index (χ0v) is 9.09. The summed E-state index contributed by atoms with van der Waals surface area (Å²) >= 11 is 11.7. The molecule has 1 aromatic heterocycles. The van der Waals surface area contributed by atoms with Crippen molar-refractivity contribution in [2.45, 2.75) is 0 Å². The maximum Gasteiger partial charge on any atom is 0.219 e. The Bertz CT molecular complexity index is 439. The molecule has 0 unspecified atom stereocenters. The van der Waals surface area contributed by atoms with Crippen LogP contribution >= 0.6 is 23.2 Å². The van der Waals surface area contributed by atoms with Crippen LogP contribution in [0.15, 0.2) is 36.5 Å². The maximum absolute atomic E-state index is 5.83. The van der Waals surface area contributed by atoms with Crippen LogP contribution in [-0.2, 0) is 0 Å². The van der Waals surface area contributed by atoms with E-state index >= 15 is 0 Å². The molecule has 0 N–H and O–H groups in total.